The lowest BCUT2D eigenvalue weighted by atomic mass is 9.81. The topological polar surface area (TPSA) is 49.4 Å². The second kappa shape index (κ2) is 6.15. The molecule has 1 rings (SSSR count). The second-order valence-electron chi connectivity index (χ2n) is 7.41. The van der Waals surface area contributed by atoms with Crippen molar-refractivity contribution < 1.29 is 9.59 Å². The van der Waals surface area contributed by atoms with Crippen molar-refractivity contribution >= 4 is 11.8 Å². The molecule has 0 saturated carbocycles. The van der Waals surface area contributed by atoms with Crippen molar-refractivity contribution in [1.82, 2.24) is 10.2 Å². The zero-order chi connectivity index (χ0) is 15.7. The molecule has 1 N–H and O–H groups in total. The summed E-state index contributed by atoms with van der Waals surface area (Å²) >= 11 is 0. The van der Waals surface area contributed by atoms with E-state index in [2.05, 4.69) is 33.0 Å². The van der Waals surface area contributed by atoms with Gasteiger partial charge in [0.1, 0.15) is 12.1 Å². The molecule has 20 heavy (non-hydrogen) atoms. The average molecular weight is 282 g/mol. The fraction of sp³-hybridized carbons (Fsp3) is 0.875. The number of amides is 2. The van der Waals surface area contributed by atoms with E-state index in [1.807, 2.05) is 20.8 Å². The van der Waals surface area contributed by atoms with Crippen LogP contribution < -0.4 is 5.32 Å². The van der Waals surface area contributed by atoms with E-state index in [0.29, 0.717) is 18.9 Å². The molecule has 0 aliphatic carbocycles. The van der Waals surface area contributed by atoms with E-state index in [4.69, 9.17) is 0 Å². The number of carbonyl (C=O) groups is 2. The highest BCUT2D eigenvalue weighted by Gasteiger charge is 2.41. The van der Waals surface area contributed by atoms with Gasteiger partial charge < -0.3 is 10.2 Å². The Kier molecular flexibility index (Phi) is 5.22. The third-order valence-electron chi connectivity index (χ3n) is 4.53. The van der Waals surface area contributed by atoms with Gasteiger partial charge in [0.2, 0.25) is 11.8 Å². The van der Waals surface area contributed by atoms with Crippen LogP contribution in [0.25, 0.3) is 0 Å². The van der Waals surface area contributed by atoms with Gasteiger partial charge >= 0.3 is 0 Å². The summed E-state index contributed by atoms with van der Waals surface area (Å²) in [6.07, 6.45) is 0.666. The summed E-state index contributed by atoms with van der Waals surface area (Å²) < 4.78 is 0. The molecule has 1 saturated heterocycles. The zero-order valence-corrected chi connectivity index (χ0v) is 14.0. The molecule has 1 heterocycles. The summed E-state index contributed by atoms with van der Waals surface area (Å²) in [6.45, 7) is 15.2. The lowest BCUT2D eigenvalue weighted by Gasteiger charge is -2.43. The maximum Gasteiger partial charge on any atom is 0.246 e. The summed E-state index contributed by atoms with van der Waals surface area (Å²) in [7, 11) is 0. The van der Waals surface area contributed by atoms with E-state index in [-0.39, 0.29) is 35.2 Å². The summed E-state index contributed by atoms with van der Waals surface area (Å²) in [4.78, 5) is 26.7. The Morgan fingerprint density at radius 1 is 1.20 bits per heavy atom. The molecule has 1 aliphatic heterocycles. The molecule has 0 spiro atoms. The van der Waals surface area contributed by atoms with Crippen molar-refractivity contribution in [3.63, 3.8) is 0 Å². The van der Waals surface area contributed by atoms with Crippen molar-refractivity contribution in [2.24, 2.45) is 17.3 Å². The van der Waals surface area contributed by atoms with Crippen molar-refractivity contribution in [2.45, 2.75) is 67.0 Å². The van der Waals surface area contributed by atoms with E-state index in [1.54, 1.807) is 4.90 Å². The predicted molar refractivity (Wildman–Crippen MR) is 81.2 cm³/mol. The molecule has 116 valence electrons. The van der Waals surface area contributed by atoms with Crippen molar-refractivity contribution in [3.8, 4) is 0 Å². The van der Waals surface area contributed by atoms with Crippen LogP contribution in [0.15, 0.2) is 0 Å². The number of nitrogens with zero attached hydrogens (tertiary/aromatic N) is 1. The van der Waals surface area contributed by atoms with Crippen LogP contribution in [0.1, 0.15) is 54.9 Å². The van der Waals surface area contributed by atoms with Crippen LogP contribution in [0.4, 0.5) is 0 Å². The molecule has 1 aliphatic rings. The normalized spacial score (nSPS) is 25.9. The molecule has 4 heteroatoms. The van der Waals surface area contributed by atoms with E-state index in [0.717, 1.165) is 0 Å². The summed E-state index contributed by atoms with van der Waals surface area (Å²) in [5.41, 5.74) is 0.125. The molecule has 0 radical (unpaired) electrons. The number of nitrogens with one attached hydrogen (secondary N) is 1. The van der Waals surface area contributed by atoms with Gasteiger partial charge in [-0.1, -0.05) is 48.5 Å². The fourth-order valence-corrected chi connectivity index (χ4v) is 2.43. The van der Waals surface area contributed by atoms with Crippen LogP contribution in [0.5, 0.6) is 0 Å². The Morgan fingerprint density at radius 3 is 2.15 bits per heavy atom. The fourth-order valence-electron chi connectivity index (χ4n) is 2.43. The van der Waals surface area contributed by atoms with Gasteiger partial charge in [0.05, 0.1) is 0 Å². The lowest BCUT2D eigenvalue weighted by Crippen LogP contribution is -2.65. The Balaban J connectivity index is 2.97. The van der Waals surface area contributed by atoms with Crippen LogP contribution in [0, 0.1) is 17.3 Å². The molecule has 4 nitrogen and oxygen atoms in total. The summed E-state index contributed by atoms with van der Waals surface area (Å²) in [6, 6.07) is -0.695. The smallest absolute Gasteiger partial charge is 0.246 e. The highest BCUT2D eigenvalue weighted by Crippen LogP contribution is 2.28. The second-order valence-corrected chi connectivity index (χ2v) is 7.41. The highest BCUT2D eigenvalue weighted by atomic mass is 16.2. The SMILES string of the molecule is CCC1C(=O)NC(C(C)C)C(=O)N1CC(C)C(C)(C)C. The van der Waals surface area contributed by atoms with Crippen LogP contribution >= 0.6 is 0 Å². The Bertz CT molecular complexity index is 371. The number of carbonyl (C=O) groups excluding carboxylic acids is 2. The standard InChI is InChI=1S/C16H30N2O2/c1-8-12-14(19)17-13(10(2)3)15(20)18(12)9-11(4)16(5,6)7/h10-13H,8-9H2,1-7H3,(H,17,19). The first-order chi connectivity index (χ1) is 9.09. The van der Waals surface area contributed by atoms with E-state index in [1.165, 1.54) is 0 Å². The first-order valence-electron chi connectivity index (χ1n) is 7.70. The molecule has 3 unspecified atom stereocenters. The maximum atomic E-state index is 12.7. The zero-order valence-electron chi connectivity index (χ0n) is 14.0. The minimum Gasteiger partial charge on any atom is -0.342 e. The molecule has 0 aromatic carbocycles. The van der Waals surface area contributed by atoms with Crippen LogP contribution in [0.2, 0.25) is 0 Å². The third kappa shape index (κ3) is 3.53. The summed E-state index contributed by atoms with van der Waals surface area (Å²) in [5.74, 6) is 0.533. The van der Waals surface area contributed by atoms with Gasteiger partial charge in [0.15, 0.2) is 0 Å². The van der Waals surface area contributed by atoms with Gasteiger partial charge in [-0.25, -0.2) is 0 Å². The quantitative estimate of drug-likeness (QED) is 0.861. The van der Waals surface area contributed by atoms with Gasteiger partial charge in [-0.3, -0.25) is 9.59 Å². The summed E-state index contributed by atoms with van der Waals surface area (Å²) in [5, 5.41) is 2.88. The van der Waals surface area contributed by atoms with Crippen LogP contribution in [-0.2, 0) is 9.59 Å². The minimum atomic E-state index is -0.377. The number of hydrogen-bond donors (Lipinski definition) is 1. The monoisotopic (exact) mass is 282 g/mol. The van der Waals surface area contributed by atoms with Crippen molar-refractivity contribution in [2.75, 3.05) is 6.54 Å². The lowest BCUT2D eigenvalue weighted by molar-refractivity contribution is -0.152. The van der Waals surface area contributed by atoms with Crippen molar-refractivity contribution in [1.29, 1.82) is 0 Å². The number of hydrogen-bond acceptors (Lipinski definition) is 2. The molecule has 0 bridgehead atoms. The van der Waals surface area contributed by atoms with Gasteiger partial charge in [-0.2, -0.15) is 0 Å². The molecular formula is C16H30N2O2. The highest BCUT2D eigenvalue weighted by molar-refractivity contribution is 5.97. The largest absolute Gasteiger partial charge is 0.342 e. The van der Waals surface area contributed by atoms with Gasteiger partial charge in [-0.05, 0) is 23.7 Å². The molecule has 3 atom stereocenters. The first kappa shape index (κ1) is 17.0. The Labute approximate surface area is 123 Å². The van der Waals surface area contributed by atoms with E-state index in [9.17, 15) is 9.59 Å². The van der Waals surface area contributed by atoms with Crippen LogP contribution in [-0.4, -0.2) is 35.3 Å². The predicted octanol–water partition coefficient (Wildman–Crippen LogP) is 2.43. The Morgan fingerprint density at radius 2 is 1.75 bits per heavy atom. The molecular weight excluding hydrogens is 252 g/mol. The minimum absolute atomic E-state index is 0.00749. The van der Waals surface area contributed by atoms with Gasteiger partial charge in [0, 0.05) is 6.54 Å². The van der Waals surface area contributed by atoms with E-state index >= 15 is 0 Å². The molecule has 0 aromatic rings. The molecule has 0 aromatic heterocycles. The van der Waals surface area contributed by atoms with Gasteiger partial charge in [0.25, 0.3) is 0 Å². The number of rotatable bonds is 4. The van der Waals surface area contributed by atoms with Gasteiger partial charge in [-0.15, -0.1) is 0 Å². The third-order valence-corrected chi connectivity index (χ3v) is 4.53. The van der Waals surface area contributed by atoms with Crippen molar-refractivity contribution in [3.05, 3.63) is 0 Å². The number of piperazine rings is 1. The maximum absolute atomic E-state index is 12.7. The average Bonchev–Trinajstić information content (AvgIpc) is 2.31. The van der Waals surface area contributed by atoms with E-state index < -0.39 is 0 Å². The Hall–Kier alpha value is -1.06. The molecule has 2 amide bonds. The molecule has 1 fully saturated rings. The van der Waals surface area contributed by atoms with Crippen LogP contribution in [0.3, 0.4) is 0 Å². The first-order valence-corrected chi connectivity index (χ1v) is 7.70.